The van der Waals surface area contributed by atoms with Crippen molar-refractivity contribution in [1.29, 1.82) is 0 Å². The smallest absolute Gasteiger partial charge is 0.243 e. The molecule has 1 fully saturated rings. The molecule has 29 heavy (non-hydrogen) atoms. The Balaban J connectivity index is 1.55. The third-order valence-electron chi connectivity index (χ3n) is 4.78. The number of carbonyl (C=O) groups is 2. The third kappa shape index (κ3) is 5.01. The quantitative estimate of drug-likeness (QED) is 0.650. The average molecular weight is 439 g/mol. The summed E-state index contributed by atoms with van der Waals surface area (Å²) in [5.41, 5.74) is 0.564. The number of ketones is 1. The number of amides is 1. The lowest BCUT2D eigenvalue weighted by atomic mass is 10.1. The van der Waals surface area contributed by atoms with E-state index in [1.54, 1.807) is 29.2 Å². The molecule has 0 saturated carbocycles. The molecule has 3 rings (SSSR count). The van der Waals surface area contributed by atoms with Crippen molar-refractivity contribution in [2.45, 2.75) is 17.7 Å². The first-order valence-corrected chi connectivity index (χ1v) is 10.9. The molecule has 6 nitrogen and oxygen atoms in total. The van der Waals surface area contributed by atoms with Crippen molar-refractivity contribution < 1.29 is 22.4 Å². The van der Waals surface area contributed by atoms with Gasteiger partial charge in [0.25, 0.3) is 0 Å². The van der Waals surface area contributed by atoms with Crippen LogP contribution in [0, 0.1) is 5.82 Å². The van der Waals surface area contributed by atoms with Gasteiger partial charge in [0.2, 0.25) is 15.9 Å². The van der Waals surface area contributed by atoms with E-state index in [2.05, 4.69) is 0 Å². The van der Waals surface area contributed by atoms with Crippen molar-refractivity contribution in [1.82, 2.24) is 9.21 Å². The minimum absolute atomic E-state index is 0.0774. The van der Waals surface area contributed by atoms with Gasteiger partial charge < -0.3 is 4.90 Å². The van der Waals surface area contributed by atoms with E-state index in [1.807, 2.05) is 6.07 Å². The average Bonchev–Trinajstić information content (AvgIpc) is 2.74. The number of halogens is 2. The summed E-state index contributed by atoms with van der Waals surface area (Å²) in [5, 5.41) is -0.261. The molecule has 0 radical (unpaired) electrons. The van der Waals surface area contributed by atoms with Crippen molar-refractivity contribution in [3.63, 3.8) is 0 Å². The number of carbonyl (C=O) groups excluding carboxylic acids is 2. The van der Waals surface area contributed by atoms with Crippen LogP contribution in [0.5, 0.6) is 0 Å². The first kappa shape index (κ1) is 21.4. The van der Waals surface area contributed by atoms with E-state index < -0.39 is 15.8 Å². The minimum atomic E-state index is -3.82. The first-order chi connectivity index (χ1) is 13.8. The lowest BCUT2D eigenvalue weighted by Crippen LogP contribution is -2.50. The minimum Gasteiger partial charge on any atom is -0.340 e. The molecule has 0 N–H and O–H groups in total. The number of hydrogen-bond acceptors (Lipinski definition) is 4. The van der Waals surface area contributed by atoms with Gasteiger partial charge in [-0.25, -0.2) is 12.8 Å². The van der Waals surface area contributed by atoms with E-state index >= 15 is 0 Å². The van der Waals surface area contributed by atoms with Gasteiger partial charge in [0.15, 0.2) is 5.78 Å². The van der Waals surface area contributed by atoms with Crippen LogP contribution in [0.25, 0.3) is 0 Å². The Morgan fingerprint density at radius 3 is 2.24 bits per heavy atom. The summed E-state index contributed by atoms with van der Waals surface area (Å²) in [6.45, 7) is 0.699. The van der Waals surface area contributed by atoms with Gasteiger partial charge in [-0.1, -0.05) is 41.9 Å². The Morgan fingerprint density at radius 2 is 1.62 bits per heavy atom. The van der Waals surface area contributed by atoms with E-state index in [0.29, 0.717) is 5.56 Å². The van der Waals surface area contributed by atoms with Gasteiger partial charge in [-0.15, -0.1) is 0 Å². The molecule has 0 aromatic heterocycles. The molecular weight excluding hydrogens is 419 g/mol. The summed E-state index contributed by atoms with van der Waals surface area (Å²) in [6, 6.07) is 12.0. The Morgan fingerprint density at radius 1 is 0.966 bits per heavy atom. The predicted molar refractivity (Wildman–Crippen MR) is 107 cm³/mol. The lowest BCUT2D eigenvalue weighted by molar-refractivity contribution is -0.132. The normalized spacial score (nSPS) is 15.3. The van der Waals surface area contributed by atoms with Crippen molar-refractivity contribution >= 4 is 33.3 Å². The van der Waals surface area contributed by atoms with E-state index in [0.717, 1.165) is 12.1 Å². The van der Waals surface area contributed by atoms with Crippen molar-refractivity contribution in [3.8, 4) is 0 Å². The highest BCUT2D eigenvalue weighted by Gasteiger charge is 2.30. The number of benzene rings is 2. The Hall–Kier alpha value is -2.29. The fourth-order valence-corrected chi connectivity index (χ4v) is 4.81. The third-order valence-corrected chi connectivity index (χ3v) is 6.97. The zero-order valence-corrected chi connectivity index (χ0v) is 17.1. The van der Waals surface area contributed by atoms with E-state index in [-0.39, 0.29) is 60.6 Å². The second-order valence-electron chi connectivity index (χ2n) is 6.65. The van der Waals surface area contributed by atoms with Crippen LogP contribution in [0.3, 0.4) is 0 Å². The number of sulfonamides is 1. The van der Waals surface area contributed by atoms with Crippen molar-refractivity contribution in [2.75, 3.05) is 26.2 Å². The van der Waals surface area contributed by atoms with Crippen LogP contribution in [0.2, 0.25) is 5.02 Å². The fourth-order valence-electron chi connectivity index (χ4n) is 3.11. The molecule has 0 spiro atoms. The van der Waals surface area contributed by atoms with Gasteiger partial charge in [-0.05, 0) is 18.2 Å². The summed E-state index contributed by atoms with van der Waals surface area (Å²) < 4.78 is 39.9. The summed E-state index contributed by atoms with van der Waals surface area (Å²) in [6.07, 6.45) is 0.184. The van der Waals surface area contributed by atoms with Crippen LogP contribution in [0.1, 0.15) is 23.2 Å². The maximum atomic E-state index is 13.3. The molecular formula is C20H20ClFN2O4S. The second kappa shape index (κ2) is 9.02. The standard InChI is InChI=1S/C20H20ClFN2O4S/c21-17-14-16(6-7-18(17)22)29(27,28)24-12-10-23(11-13-24)20(26)9-8-19(25)15-4-2-1-3-5-15/h1-7,14H,8-13H2. The Labute approximate surface area is 173 Å². The molecule has 1 aliphatic heterocycles. The highest BCUT2D eigenvalue weighted by Crippen LogP contribution is 2.23. The SMILES string of the molecule is O=C(CCC(=O)N1CCN(S(=O)(=O)c2ccc(F)c(Cl)c2)CC1)c1ccccc1. The molecule has 9 heteroatoms. The number of hydrogen-bond donors (Lipinski definition) is 0. The largest absolute Gasteiger partial charge is 0.340 e. The molecule has 2 aromatic rings. The van der Waals surface area contributed by atoms with Crippen LogP contribution in [-0.2, 0) is 14.8 Å². The molecule has 154 valence electrons. The van der Waals surface area contributed by atoms with Gasteiger partial charge in [0.1, 0.15) is 5.82 Å². The van der Waals surface area contributed by atoms with Crippen LogP contribution in [0.4, 0.5) is 4.39 Å². The van der Waals surface area contributed by atoms with Crippen molar-refractivity contribution in [2.24, 2.45) is 0 Å². The Kier molecular flexibility index (Phi) is 6.66. The molecule has 0 unspecified atom stereocenters. The summed E-state index contributed by atoms with van der Waals surface area (Å²) in [5.74, 6) is -0.976. The second-order valence-corrected chi connectivity index (χ2v) is 9.00. The number of rotatable bonds is 6. The van der Waals surface area contributed by atoms with Crippen LogP contribution < -0.4 is 0 Å². The Bertz CT molecular complexity index is 1010. The van der Waals surface area contributed by atoms with Gasteiger partial charge in [-0.2, -0.15) is 4.31 Å². The number of piperazine rings is 1. The molecule has 1 amide bonds. The number of nitrogens with zero attached hydrogens (tertiary/aromatic N) is 2. The van der Waals surface area contributed by atoms with E-state index in [1.165, 1.54) is 10.4 Å². The highest BCUT2D eigenvalue weighted by molar-refractivity contribution is 7.89. The molecule has 1 heterocycles. The summed E-state index contributed by atoms with van der Waals surface area (Å²) in [4.78, 5) is 26.0. The van der Waals surface area contributed by atoms with Crippen LogP contribution in [0.15, 0.2) is 53.4 Å². The van der Waals surface area contributed by atoms with Crippen LogP contribution in [-0.4, -0.2) is 55.5 Å². The maximum absolute atomic E-state index is 13.3. The monoisotopic (exact) mass is 438 g/mol. The van der Waals surface area contributed by atoms with Gasteiger partial charge in [0, 0.05) is 44.6 Å². The first-order valence-electron chi connectivity index (χ1n) is 9.10. The van der Waals surface area contributed by atoms with Crippen LogP contribution >= 0.6 is 11.6 Å². The molecule has 1 saturated heterocycles. The van der Waals surface area contributed by atoms with Gasteiger partial charge in [-0.3, -0.25) is 9.59 Å². The topological polar surface area (TPSA) is 74.8 Å². The molecule has 0 bridgehead atoms. The van der Waals surface area contributed by atoms with Crippen molar-refractivity contribution in [3.05, 3.63) is 64.9 Å². The molecule has 1 aliphatic rings. The van der Waals surface area contributed by atoms with E-state index in [9.17, 15) is 22.4 Å². The zero-order chi connectivity index (χ0) is 21.0. The summed E-state index contributed by atoms with van der Waals surface area (Å²) in [7, 11) is -3.82. The van der Waals surface area contributed by atoms with Gasteiger partial charge >= 0.3 is 0 Å². The maximum Gasteiger partial charge on any atom is 0.243 e. The molecule has 2 aromatic carbocycles. The number of Topliss-reactive ketones (excluding diaryl/α,β-unsaturated/α-hetero) is 1. The highest BCUT2D eigenvalue weighted by atomic mass is 35.5. The molecule has 0 aliphatic carbocycles. The molecule has 0 atom stereocenters. The zero-order valence-electron chi connectivity index (χ0n) is 15.6. The predicted octanol–water partition coefficient (Wildman–Crippen LogP) is 2.98. The van der Waals surface area contributed by atoms with E-state index in [4.69, 9.17) is 11.6 Å². The van der Waals surface area contributed by atoms with Gasteiger partial charge in [0.05, 0.1) is 9.92 Å². The lowest BCUT2D eigenvalue weighted by Gasteiger charge is -2.34. The summed E-state index contributed by atoms with van der Waals surface area (Å²) >= 11 is 5.69. The fraction of sp³-hybridized carbons (Fsp3) is 0.300.